The summed E-state index contributed by atoms with van der Waals surface area (Å²) in [5, 5.41) is 12.6. The number of guanidine groups is 1. The molecule has 0 aromatic rings. The maximum Gasteiger partial charge on any atom is 0.245 e. The van der Waals surface area contributed by atoms with Gasteiger partial charge in [-0.25, -0.2) is 0 Å². The van der Waals surface area contributed by atoms with Crippen LogP contribution in [0.3, 0.4) is 0 Å². The maximum absolute atomic E-state index is 12.5. The van der Waals surface area contributed by atoms with Gasteiger partial charge in [0.05, 0.1) is 0 Å². The normalized spacial score (nSPS) is 15.3. The van der Waals surface area contributed by atoms with Crippen molar-refractivity contribution in [2.24, 2.45) is 11.5 Å². The number of nitrogens with two attached hydrogens (primary N) is 2. The first kappa shape index (κ1) is 19.2. The zero-order chi connectivity index (χ0) is 17.1. The third kappa shape index (κ3) is 7.83. The van der Waals surface area contributed by atoms with E-state index in [1.807, 2.05) is 4.90 Å². The van der Waals surface area contributed by atoms with Gasteiger partial charge in [0.25, 0.3) is 0 Å². The monoisotopic (exact) mass is 326 g/mol. The van der Waals surface area contributed by atoms with Crippen LogP contribution in [-0.4, -0.2) is 54.9 Å². The van der Waals surface area contributed by atoms with Gasteiger partial charge in [0.2, 0.25) is 11.8 Å². The van der Waals surface area contributed by atoms with Crippen LogP contribution in [0.4, 0.5) is 0 Å². The van der Waals surface area contributed by atoms with Crippen LogP contribution in [0.25, 0.3) is 0 Å². The summed E-state index contributed by atoms with van der Waals surface area (Å²) in [7, 11) is 0. The van der Waals surface area contributed by atoms with Crippen molar-refractivity contribution in [2.45, 2.75) is 51.0 Å². The van der Waals surface area contributed by atoms with Gasteiger partial charge in [-0.1, -0.05) is 0 Å². The molecule has 0 bridgehead atoms. The standard InChI is InChI=1S/C15H30N6O2/c16-8-2-1-6-12(14(23)21-10-3-4-11-21)20-13(22)7-5-9-19-15(17)18/h12H,1-11,16H2,(H,20,22)(H4,17,18,19)/t12-/m0/s1. The molecule has 1 aliphatic heterocycles. The Morgan fingerprint density at radius 3 is 2.48 bits per heavy atom. The molecule has 0 radical (unpaired) electrons. The first-order valence-electron chi connectivity index (χ1n) is 8.40. The molecule has 1 heterocycles. The van der Waals surface area contributed by atoms with Crippen molar-refractivity contribution in [1.82, 2.24) is 15.5 Å². The van der Waals surface area contributed by atoms with E-state index in [1.165, 1.54) is 0 Å². The van der Waals surface area contributed by atoms with Gasteiger partial charge in [0.1, 0.15) is 6.04 Å². The van der Waals surface area contributed by atoms with Gasteiger partial charge in [-0.2, -0.15) is 0 Å². The Kier molecular flexibility index (Phi) is 9.04. The number of rotatable bonds is 10. The zero-order valence-electron chi connectivity index (χ0n) is 13.8. The fourth-order valence-corrected chi connectivity index (χ4v) is 2.65. The molecule has 0 unspecified atom stereocenters. The zero-order valence-corrected chi connectivity index (χ0v) is 13.8. The van der Waals surface area contributed by atoms with Gasteiger partial charge in [0.15, 0.2) is 5.96 Å². The Bertz CT molecular complexity index is 395. The third-order valence-corrected chi connectivity index (χ3v) is 3.89. The molecule has 0 aliphatic carbocycles. The fourth-order valence-electron chi connectivity index (χ4n) is 2.65. The summed E-state index contributed by atoms with van der Waals surface area (Å²) in [4.78, 5) is 26.4. The smallest absolute Gasteiger partial charge is 0.245 e. The predicted octanol–water partition coefficient (Wildman–Crippen LogP) is -0.514. The summed E-state index contributed by atoms with van der Waals surface area (Å²) >= 11 is 0. The van der Waals surface area contributed by atoms with Gasteiger partial charge in [-0.05, 0) is 45.1 Å². The minimum Gasteiger partial charge on any atom is -0.370 e. The van der Waals surface area contributed by atoms with Crippen molar-refractivity contribution in [3.63, 3.8) is 0 Å². The van der Waals surface area contributed by atoms with E-state index in [0.29, 0.717) is 32.4 Å². The van der Waals surface area contributed by atoms with Gasteiger partial charge >= 0.3 is 0 Å². The Labute approximate surface area is 137 Å². The lowest BCUT2D eigenvalue weighted by Gasteiger charge is -2.24. The highest BCUT2D eigenvalue weighted by molar-refractivity contribution is 5.87. The van der Waals surface area contributed by atoms with Gasteiger partial charge in [-0.15, -0.1) is 0 Å². The highest BCUT2D eigenvalue weighted by atomic mass is 16.2. The number of hydrogen-bond acceptors (Lipinski definition) is 4. The van der Waals surface area contributed by atoms with Crippen molar-refractivity contribution >= 4 is 17.8 Å². The third-order valence-electron chi connectivity index (χ3n) is 3.89. The van der Waals surface area contributed by atoms with Crippen molar-refractivity contribution < 1.29 is 9.59 Å². The number of nitrogens with zero attached hydrogens (tertiary/aromatic N) is 1. The minimum atomic E-state index is -0.451. The molecule has 0 saturated carbocycles. The van der Waals surface area contributed by atoms with Crippen LogP contribution in [0.5, 0.6) is 0 Å². The van der Waals surface area contributed by atoms with E-state index < -0.39 is 6.04 Å². The molecular weight excluding hydrogens is 296 g/mol. The first-order valence-corrected chi connectivity index (χ1v) is 8.40. The molecule has 132 valence electrons. The van der Waals surface area contributed by atoms with E-state index in [1.54, 1.807) is 0 Å². The number of likely N-dealkylation sites (tertiary alicyclic amines) is 1. The molecular formula is C15H30N6O2. The number of hydrogen-bond donors (Lipinski definition) is 5. The molecule has 1 atom stereocenters. The Balaban J connectivity index is 2.42. The first-order chi connectivity index (χ1) is 11.0. The van der Waals surface area contributed by atoms with Crippen LogP contribution in [-0.2, 0) is 9.59 Å². The van der Waals surface area contributed by atoms with Crippen molar-refractivity contribution in [1.29, 1.82) is 5.41 Å². The molecule has 0 aromatic heterocycles. The van der Waals surface area contributed by atoms with E-state index in [4.69, 9.17) is 16.9 Å². The summed E-state index contributed by atoms with van der Waals surface area (Å²) in [5.41, 5.74) is 10.7. The average molecular weight is 326 g/mol. The van der Waals surface area contributed by atoms with Crippen LogP contribution < -0.4 is 22.1 Å². The summed E-state index contributed by atoms with van der Waals surface area (Å²) < 4.78 is 0. The number of unbranched alkanes of at least 4 members (excludes halogenated alkanes) is 1. The number of nitrogens with one attached hydrogen (secondary N) is 3. The van der Waals surface area contributed by atoms with Crippen LogP contribution in [0, 0.1) is 5.41 Å². The topological polar surface area (TPSA) is 137 Å². The van der Waals surface area contributed by atoms with Gasteiger partial charge in [0, 0.05) is 26.1 Å². The van der Waals surface area contributed by atoms with E-state index in [2.05, 4.69) is 10.6 Å². The molecule has 0 aromatic carbocycles. The Hall–Kier alpha value is -1.83. The van der Waals surface area contributed by atoms with E-state index in [9.17, 15) is 9.59 Å². The second kappa shape index (κ2) is 10.8. The fraction of sp³-hybridized carbons (Fsp3) is 0.800. The lowest BCUT2D eigenvalue weighted by molar-refractivity contribution is -0.135. The van der Waals surface area contributed by atoms with Crippen LogP contribution in [0.1, 0.15) is 44.9 Å². The largest absolute Gasteiger partial charge is 0.370 e. The summed E-state index contributed by atoms with van der Waals surface area (Å²) in [6.07, 6.45) is 5.25. The average Bonchev–Trinajstić information content (AvgIpc) is 3.04. The quantitative estimate of drug-likeness (QED) is 0.209. The van der Waals surface area contributed by atoms with Crippen LogP contribution >= 0.6 is 0 Å². The van der Waals surface area contributed by atoms with E-state index >= 15 is 0 Å². The highest BCUT2D eigenvalue weighted by Gasteiger charge is 2.27. The number of carbonyl (C=O) groups excluding carboxylic acids is 2. The van der Waals surface area contributed by atoms with E-state index in [0.717, 1.165) is 38.8 Å². The second-order valence-electron chi connectivity index (χ2n) is 5.88. The second-order valence-corrected chi connectivity index (χ2v) is 5.88. The van der Waals surface area contributed by atoms with Crippen molar-refractivity contribution in [2.75, 3.05) is 26.2 Å². The Morgan fingerprint density at radius 2 is 1.87 bits per heavy atom. The van der Waals surface area contributed by atoms with Crippen molar-refractivity contribution in [3.8, 4) is 0 Å². The summed E-state index contributed by atoms with van der Waals surface area (Å²) in [6.45, 7) is 2.63. The molecule has 1 aliphatic rings. The molecule has 8 nitrogen and oxygen atoms in total. The Morgan fingerprint density at radius 1 is 1.17 bits per heavy atom. The minimum absolute atomic E-state index is 0.0229. The lowest BCUT2D eigenvalue weighted by atomic mass is 10.1. The van der Waals surface area contributed by atoms with Gasteiger partial charge in [-0.3, -0.25) is 15.0 Å². The molecule has 1 rings (SSSR count). The molecule has 1 fully saturated rings. The van der Waals surface area contributed by atoms with Crippen LogP contribution in [0.2, 0.25) is 0 Å². The van der Waals surface area contributed by atoms with Crippen LogP contribution in [0.15, 0.2) is 0 Å². The maximum atomic E-state index is 12.5. The predicted molar refractivity (Wildman–Crippen MR) is 89.8 cm³/mol. The molecule has 7 N–H and O–H groups in total. The number of carbonyl (C=O) groups is 2. The lowest BCUT2D eigenvalue weighted by Crippen LogP contribution is -2.47. The summed E-state index contributed by atoms with van der Waals surface area (Å²) in [6, 6.07) is -0.451. The molecule has 2 amide bonds. The molecule has 0 spiro atoms. The molecule has 23 heavy (non-hydrogen) atoms. The SMILES string of the molecule is N=C(N)NCCCC(=O)N[C@@H](CCCCN)C(=O)N1CCCC1. The number of amides is 2. The van der Waals surface area contributed by atoms with E-state index in [-0.39, 0.29) is 17.8 Å². The van der Waals surface area contributed by atoms with Gasteiger partial charge < -0.3 is 27.0 Å². The molecule has 1 saturated heterocycles. The van der Waals surface area contributed by atoms with Crippen molar-refractivity contribution in [3.05, 3.63) is 0 Å². The highest BCUT2D eigenvalue weighted by Crippen LogP contribution is 2.12. The molecule has 8 heteroatoms. The summed E-state index contributed by atoms with van der Waals surface area (Å²) in [5.74, 6) is -0.218.